The quantitative estimate of drug-likeness (QED) is 0.545. The summed E-state index contributed by atoms with van der Waals surface area (Å²) >= 11 is 0. The molecule has 0 amide bonds. The van der Waals surface area contributed by atoms with E-state index in [0.29, 0.717) is 6.61 Å². The van der Waals surface area contributed by atoms with E-state index in [1.54, 1.807) is 0 Å². The van der Waals surface area contributed by atoms with E-state index in [2.05, 4.69) is 0 Å². The summed E-state index contributed by atoms with van der Waals surface area (Å²) in [6.45, 7) is 7.38. The minimum Gasteiger partial charge on any atom is -0.462 e. The number of hydrogen-bond acceptors (Lipinski definition) is 3. The largest absolute Gasteiger partial charge is 0.462 e. The van der Waals surface area contributed by atoms with Crippen molar-refractivity contribution in [2.75, 3.05) is 6.61 Å². The van der Waals surface area contributed by atoms with Crippen LogP contribution in [-0.2, 0) is 9.53 Å². The van der Waals surface area contributed by atoms with Crippen molar-refractivity contribution in [1.29, 1.82) is 0 Å². The predicted octanol–water partition coefficient (Wildman–Crippen LogP) is 2.44. The summed E-state index contributed by atoms with van der Waals surface area (Å²) in [6, 6.07) is 0. The summed E-state index contributed by atoms with van der Waals surface area (Å²) in [7, 11) is 0. The highest BCUT2D eigenvalue weighted by Gasteiger charge is 2.10. The van der Waals surface area contributed by atoms with Crippen LogP contribution < -0.4 is 0 Å². The van der Waals surface area contributed by atoms with Gasteiger partial charge < -0.3 is 9.84 Å². The Morgan fingerprint density at radius 1 is 1.40 bits per heavy atom. The third kappa shape index (κ3) is 11.1. The molecule has 15 heavy (non-hydrogen) atoms. The van der Waals surface area contributed by atoms with E-state index in [4.69, 9.17) is 4.74 Å². The van der Waals surface area contributed by atoms with Gasteiger partial charge in [-0.05, 0) is 46.1 Å². The van der Waals surface area contributed by atoms with E-state index in [0.717, 1.165) is 19.3 Å². The van der Waals surface area contributed by atoms with Crippen LogP contribution in [0.5, 0.6) is 0 Å². The topological polar surface area (TPSA) is 46.5 Å². The lowest BCUT2D eigenvalue weighted by molar-refractivity contribution is -0.139. The zero-order chi connectivity index (χ0) is 11.9. The van der Waals surface area contributed by atoms with Crippen LogP contribution in [0.4, 0.5) is 0 Å². The Bertz CT molecular complexity index is 224. The molecular weight excluding hydrogens is 192 g/mol. The van der Waals surface area contributed by atoms with Crippen LogP contribution >= 0.6 is 0 Å². The summed E-state index contributed by atoms with van der Waals surface area (Å²) in [5.41, 5.74) is 0.608. The Kier molecular flexibility index (Phi) is 6.25. The fourth-order valence-corrected chi connectivity index (χ4v) is 1.20. The Hall–Kier alpha value is -0.830. The van der Waals surface area contributed by atoms with Crippen LogP contribution in [0.25, 0.3) is 0 Å². The number of aliphatic hydroxyl groups is 1. The third-order valence-electron chi connectivity index (χ3n) is 2.08. The molecule has 0 saturated heterocycles. The Labute approximate surface area is 92.1 Å². The molecule has 0 saturated carbocycles. The van der Waals surface area contributed by atoms with E-state index in [-0.39, 0.29) is 5.97 Å². The van der Waals surface area contributed by atoms with E-state index >= 15 is 0 Å². The maximum Gasteiger partial charge on any atom is 0.302 e. The summed E-state index contributed by atoms with van der Waals surface area (Å²) in [5.74, 6) is -0.254. The summed E-state index contributed by atoms with van der Waals surface area (Å²) in [4.78, 5) is 10.5. The highest BCUT2D eigenvalue weighted by molar-refractivity contribution is 5.66. The third-order valence-corrected chi connectivity index (χ3v) is 2.08. The Morgan fingerprint density at radius 3 is 2.47 bits per heavy atom. The molecule has 88 valence electrons. The molecule has 0 fully saturated rings. The highest BCUT2D eigenvalue weighted by Crippen LogP contribution is 2.15. The first-order chi connectivity index (χ1) is 6.81. The SMILES string of the molecule is CC(=O)OCC=C(C)CCCC(C)(C)O. The second-order valence-corrected chi connectivity index (χ2v) is 4.52. The Morgan fingerprint density at radius 2 is 2.00 bits per heavy atom. The minimum absolute atomic E-state index is 0.254. The fourth-order valence-electron chi connectivity index (χ4n) is 1.20. The van der Waals surface area contributed by atoms with E-state index < -0.39 is 5.60 Å². The molecule has 0 aromatic heterocycles. The van der Waals surface area contributed by atoms with Gasteiger partial charge >= 0.3 is 5.97 Å². The number of hydrogen-bond donors (Lipinski definition) is 1. The summed E-state index contributed by atoms with van der Waals surface area (Å²) < 4.78 is 4.80. The molecule has 0 aliphatic rings. The van der Waals surface area contributed by atoms with Gasteiger partial charge in [0, 0.05) is 6.92 Å². The van der Waals surface area contributed by atoms with E-state index in [1.165, 1.54) is 12.5 Å². The average molecular weight is 214 g/mol. The molecule has 0 aromatic carbocycles. The van der Waals surface area contributed by atoms with Crippen LogP contribution in [0.1, 0.15) is 47.0 Å². The molecule has 0 heterocycles. The van der Waals surface area contributed by atoms with Crippen molar-refractivity contribution in [1.82, 2.24) is 0 Å². The summed E-state index contributed by atoms with van der Waals surface area (Å²) in [5, 5.41) is 9.49. The van der Waals surface area contributed by atoms with Gasteiger partial charge in [0.1, 0.15) is 6.61 Å². The lowest BCUT2D eigenvalue weighted by Crippen LogP contribution is -2.17. The van der Waals surface area contributed by atoms with Gasteiger partial charge in [-0.25, -0.2) is 0 Å². The number of esters is 1. The van der Waals surface area contributed by atoms with Gasteiger partial charge in [0.25, 0.3) is 0 Å². The Balaban J connectivity index is 3.64. The molecule has 0 aliphatic heterocycles. The minimum atomic E-state index is -0.587. The zero-order valence-corrected chi connectivity index (χ0v) is 10.2. The first kappa shape index (κ1) is 14.2. The highest BCUT2D eigenvalue weighted by atomic mass is 16.5. The van der Waals surface area contributed by atoms with Crippen molar-refractivity contribution < 1.29 is 14.6 Å². The molecule has 3 nitrogen and oxygen atoms in total. The van der Waals surface area contributed by atoms with Crippen molar-refractivity contribution in [3.05, 3.63) is 11.6 Å². The number of rotatable bonds is 6. The lowest BCUT2D eigenvalue weighted by Gasteiger charge is -2.16. The van der Waals surface area contributed by atoms with Crippen molar-refractivity contribution in [3.63, 3.8) is 0 Å². The maximum atomic E-state index is 10.5. The lowest BCUT2D eigenvalue weighted by atomic mass is 9.99. The van der Waals surface area contributed by atoms with Gasteiger partial charge in [-0.2, -0.15) is 0 Å². The van der Waals surface area contributed by atoms with Crippen LogP contribution in [0.2, 0.25) is 0 Å². The monoisotopic (exact) mass is 214 g/mol. The molecule has 0 rings (SSSR count). The zero-order valence-electron chi connectivity index (χ0n) is 10.2. The van der Waals surface area contributed by atoms with Gasteiger partial charge in [0.05, 0.1) is 5.60 Å². The van der Waals surface area contributed by atoms with Gasteiger partial charge in [-0.1, -0.05) is 5.57 Å². The molecule has 1 N–H and O–H groups in total. The van der Waals surface area contributed by atoms with E-state index in [1.807, 2.05) is 26.8 Å². The van der Waals surface area contributed by atoms with E-state index in [9.17, 15) is 9.90 Å². The maximum absolute atomic E-state index is 10.5. The number of carbonyl (C=O) groups is 1. The molecular formula is C12H22O3. The van der Waals surface area contributed by atoms with Gasteiger partial charge in [-0.3, -0.25) is 4.79 Å². The molecule has 0 bridgehead atoms. The van der Waals surface area contributed by atoms with Crippen LogP contribution in [-0.4, -0.2) is 23.3 Å². The number of allylic oxidation sites excluding steroid dienone is 1. The second kappa shape index (κ2) is 6.62. The van der Waals surface area contributed by atoms with Gasteiger partial charge in [0.15, 0.2) is 0 Å². The summed E-state index contributed by atoms with van der Waals surface area (Å²) in [6.07, 6.45) is 4.58. The fraction of sp³-hybridized carbons (Fsp3) is 0.750. The number of carbonyl (C=O) groups excluding carboxylic acids is 1. The molecule has 0 aliphatic carbocycles. The van der Waals surface area contributed by atoms with Gasteiger partial charge in [0.2, 0.25) is 0 Å². The van der Waals surface area contributed by atoms with Crippen molar-refractivity contribution in [2.45, 2.75) is 52.6 Å². The molecule has 3 heteroatoms. The molecule has 0 atom stereocenters. The smallest absolute Gasteiger partial charge is 0.302 e. The predicted molar refractivity (Wildman–Crippen MR) is 60.5 cm³/mol. The first-order valence-corrected chi connectivity index (χ1v) is 5.32. The van der Waals surface area contributed by atoms with Crippen molar-refractivity contribution >= 4 is 5.97 Å². The van der Waals surface area contributed by atoms with Crippen LogP contribution in [0.3, 0.4) is 0 Å². The van der Waals surface area contributed by atoms with Gasteiger partial charge in [-0.15, -0.1) is 0 Å². The molecule has 0 aromatic rings. The standard InChI is InChI=1S/C12H22O3/c1-10(7-9-15-11(2)13)6-5-8-12(3,4)14/h7,14H,5-6,8-9H2,1-4H3. The second-order valence-electron chi connectivity index (χ2n) is 4.52. The van der Waals surface area contributed by atoms with Crippen molar-refractivity contribution in [3.8, 4) is 0 Å². The molecule has 0 spiro atoms. The normalized spacial score (nSPS) is 12.7. The average Bonchev–Trinajstić information content (AvgIpc) is 2.00. The van der Waals surface area contributed by atoms with Crippen LogP contribution in [0, 0.1) is 0 Å². The number of ether oxygens (including phenoxy) is 1. The van der Waals surface area contributed by atoms with Crippen molar-refractivity contribution in [2.24, 2.45) is 0 Å². The first-order valence-electron chi connectivity index (χ1n) is 5.32. The molecule has 0 unspecified atom stereocenters. The molecule has 0 radical (unpaired) electrons. The van der Waals surface area contributed by atoms with Crippen LogP contribution in [0.15, 0.2) is 11.6 Å².